The van der Waals surface area contributed by atoms with Gasteiger partial charge in [-0.2, -0.15) is 26.3 Å². The number of ether oxygens (including phenoxy) is 1. The monoisotopic (exact) mass is 373 g/mol. The second-order valence-electron chi connectivity index (χ2n) is 4.97. The van der Waals surface area contributed by atoms with Gasteiger partial charge in [-0.05, 0) is 12.0 Å². The minimum Gasteiger partial charge on any atom is -0.480 e. The number of benzene rings is 1. The van der Waals surface area contributed by atoms with Crippen LogP contribution in [0.1, 0.15) is 12.0 Å². The van der Waals surface area contributed by atoms with Crippen LogP contribution in [0.4, 0.5) is 31.1 Å². The molecule has 0 saturated heterocycles. The normalized spacial score (nSPS) is 13.4. The number of alkyl halides is 6. The van der Waals surface area contributed by atoms with E-state index in [0.717, 1.165) is 0 Å². The molecule has 140 valence electrons. The molecule has 0 radical (unpaired) electrons. The van der Waals surface area contributed by atoms with Crippen LogP contribution in [0, 0.1) is 5.92 Å². The largest absolute Gasteiger partial charge is 0.480 e. The number of hydrogen-bond donors (Lipinski definition) is 2. The summed E-state index contributed by atoms with van der Waals surface area (Å²) in [6.45, 7) is -0.332. The Kier molecular flexibility index (Phi) is 6.65. The van der Waals surface area contributed by atoms with E-state index >= 15 is 0 Å². The van der Waals surface area contributed by atoms with Gasteiger partial charge in [-0.1, -0.05) is 30.3 Å². The highest BCUT2D eigenvalue weighted by molar-refractivity contribution is 5.79. The quantitative estimate of drug-likeness (QED) is 0.749. The van der Waals surface area contributed by atoms with Crippen molar-refractivity contribution in [1.29, 1.82) is 0 Å². The third-order valence-corrected chi connectivity index (χ3v) is 3.06. The van der Waals surface area contributed by atoms with E-state index in [0.29, 0.717) is 5.56 Å². The first kappa shape index (κ1) is 20.6. The fourth-order valence-corrected chi connectivity index (χ4v) is 1.82. The number of nitrogens with one attached hydrogen (secondary N) is 1. The highest BCUT2D eigenvalue weighted by atomic mass is 19.4. The Morgan fingerprint density at radius 2 is 1.56 bits per heavy atom. The van der Waals surface area contributed by atoms with Crippen LogP contribution in [-0.4, -0.2) is 35.6 Å². The van der Waals surface area contributed by atoms with Crippen LogP contribution in [0.15, 0.2) is 30.3 Å². The number of rotatable bonds is 6. The van der Waals surface area contributed by atoms with Crippen molar-refractivity contribution in [3.05, 3.63) is 35.9 Å². The molecule has 25 heavy (non-hydrogen) atoms. The molecule has 1 rings (SSSR count). The van der Waals surface area contributed by atoms with Crippen LogP contribution >= 0.6 is 0 Å². The zero-order chi connectivity index (χ0) is 19.3. The Bertz CT molecular complexity index is 573. The van der Waals surface area contributed by atoms with E-state index in [1.165, 1.54) is 5.32 Å². The molecule has 1 atom stereocenters. The number of aliphatic carboxylic acids is 1. The lowest BCUT2D eigenvalue weighted by atomic mass is 9.98. The standard InChI is InChI=1S/C14H13F6NO4/c15-13(16,17)10(14(18,19)20)6-9(11(22)23)21-12(24)25-7-8-4-2-1-3-5-8/h1-5,9-10H,6-7H2,(H,21,24)(H,22,23). The van der Waals surface area contributed by atoms with Crippen molar-refractivity contribution in [2.45, 2.75) is 31.4 Å². The van der Waals surface area contributed by atoms with Crippen LogP contribution in [0.2, 0.25) is 0 Å². The summed E-state index contributed by atoms with van der Waals surface area (Å²) in [5, 5.41) is 10.3. The van der Waals surface area contributed by atoms with E-state index in [4.69, 9.17) is 5.11 Å². The number of alkyl carbamates (subject to hydrolysis) is 1. The molecule has 1 aromatic carbocycles. The van der Waals surface area contributed by atoms with Gasteiger partial charge in [0.15, 0.2) is 5.92 Å². The molecule has 1 unspecified atom stereocenters. The lowest BCUT2D eigenvalue weighted by Crippen LogP contribution is -2.47. The minimum atomic E-state index is -5.71. The van der Waals surface area contributed by atoms with E-state index in [-0.39, 0.29) is 6.61 Å². The van der Waals surface area contributed by atoms with E-state index in [1.807, 2.05) is 0 Å². The summed E-state index contributed by atoms with van der Waals surface area (Å²) in [6, 6.07) is 5.55. The molecule has 0 heterocycles. The molecular weight excluding hydrogens is 360 g/mol. The molecule has 1 amide bonds. The van der Waals surface area contributed by atoms with Crippen LogP contribution in [-0.2, 0) is 16.1 Å². The number of hydrogen-bond acceptors (Lipinski definition) is 3. The Balaban J connectivity index is 2.73. The average Bonchev–Trinajstić information content (AvgIpc) is 2.47. The highest BCUT2D eigenvalue weighted by Crippen LogP contribution is 2.41. The Morgan fingerprint density at radius 3 is 2.00 bits per heavy atom. The van der Waals surface area contributed by atoms with Gasteiger partial charge in [0.2, 0.25) is 0 Å². The van der Waals surface area contributed by atoms with E-state index in [2.05, 4.69) is 4.74 Å². The Morgan fingerprint density at radius 1 is 1.04 bits per heavy atom. The van der Waals surface area contributed by atoms with Crippen molar-refractivity contribution in [3.8, 4) is 0 Å². The van der Waals surface area contributed by atoms with Gasteiger partial charge < -0.3 is 15.2 Å². The molecule has 2 N–H and O–H groups in total. The van der Waals surface area contributed by atoms with Crippen molar-refractivity contribution < 1.29 is 45.8 Å². The second-order valence-corrected chi connectivity index (χ2v) is 4.97. The molecule has 5 nitrogen and oxygen atoms in total. The van der Waals surface area contributed by atoms with Crippen LogP contribution in [0.25, 0.3) is 0 Å². The van der Waals surface area contributed by atoms with Crippen molar-refractivity contribution in [3.63, 3.8) is 0 Å². The van der Waals surface area contributed by atoms with Crippen molar-refractivity contribution in [1.82, 2.24) is 5.32 Å². The molecule has 0 aliphatic heterocycles. The Hall–Kier alpha value is -2.46. The number of carboxylic acid groups (broad SMARTS) is 1. The topological polar surface area (TPSA) is 75.6 Å². The van der Waals surface area contributed by atoms with Gasteiger partial charge in [-0.15, -0.1) is 0 Å². The van der Waals surface area contributed by atoms with Gasteiger partial charge in [0, 0.05) is 0 Å². The summed E-state index contributed by atoms with van der Waals surface area (Å²) in [6.07, 6.45) is -14.8. The summed E-state index contributed by atoms with van der Waals surface area (Å²) < 4.78 is 79.5. The second kappa shape index (κ2) is 8.08. The van der Waals surface area contributed by atoms with Crippen LogP contribution in [0.5, 0.6) is 0 Å². The van der Waals surface area contributed by atoms with Crippen LogP contribution in [0.3, 0.4) is 0 Å². The van der Waals surface area contributed by atoms with Gasteiger partial charge in [0.1, 0.15) is 12.6 Å². The van der Waals surface area contributed by atoms with Crippen molar-refractivity contribution in [2.75, 3.05) is 0 Å². The lowest BCUT2D eigenvalue weighted by Gasteiger charge is -2.25. The van der Waals surface area contributed by atoms with Crippen molar-refractivity contribution in [2.24, 2.45) is 5.92 Å². The molecule has 1 aromatic rings. The molecule has 0 fully saturated rings. The van der Waals surface area contributed by atoms with E-state index < -0.39 is 42.8 Å². The van der Waals surface area contributed by atoms with Gasteiger partial charge in [-0.3, -0.25) is 0 Å². The molecule has 0 spiro atoms. The van der Waals surface area contributed by atoms with Crippen LogP contribution < -0.4 is 5.32 Å². The first-order valence-corrected chi connectivity index (χ1v) is 6.74. The van der Waals surface area contributed by atoms with Gasteiger partial charge >= 0.3 is 24.4 Å². The van der Waals surface area contributed by atoms with Crippen molar-refractivity contribution >= 4 is 12.1 Å². The fraction of sp³-hybridized carbons (Fsp3) is 0.429. The van der Waals surface area contributed by atoms with E-state index in [9.17, 15) is 35.9 Å². The smallest absolute Gasteiger partial charge is 0.408 e. The van der Waals surface area contributed by atoms with Gasteiger partial charge in [0.05, 0.1) is 0 Å². The van der Waals surface area contributed by atoms with Gasteiger partial charge in [0.25, 0.3) is 0 Å². The summed E-state index contributed by atoms with van der Waals surface area (Å²) in [5.41, 5.74) is 0.494. The molecular formula is C14H13F6NO4. The fourth-order valence-electron chi connectivity index (χ4n) is 1.82. The SMILES string of the molecule is O=C(NC(CC(C(F)(F)F)C(F)(F)F)C(=O)O)OCc1ccccc1. The molecule has 0 bridgehead atoms. The number of amides is 1. The maximum Gasteiger partial charge on any atom is 0.408 e. The summed E-state index contributed by atoms with van der Waals surface area (Å²) >= 11 is 0. The molecule has 0 saturated carbocycles. The number of halogens is 6. The number of carbonyl (C=O) groups is 2. The maximum atomic E-state index is 12.5. The highest BCUT2D eigenvalue weighted by Gasteiger charge is 2.57. The third-order valence-electron chi connectivity index (χ3n) is 3.06. The van der Waals surface area contributed by atoms with Gasteiger partial charge in [-0.25, -0.2) is 9.59 Å². The predicted molar refractivity (Wildman–Crippen MR) is 71.4 cm³/mol. The average molecular weight is 373 g/mol. The number of carboxylic acids is 1. The number of carbonyl (C=O) groups excluding carboxylic acids is 1. The first-order valence-electron chi connectivity index (χ1n) is 6.74. The Labute approximate surface area is 137 Å². The summed E-state index contributed by atoms with van der Waals surface area (Å²) in [7, 11) is 0. The first-order chi connectivity index (χ1) is 11.4. The minimum absolute atomic E-state index is 0.332. The zero-order valence-corrected chi connectivity index (χ0v) is 12.4. The molecule has 11 heteroatoms. The maximum absolute atomic E-state index is 12.5. The zero-order valence-electron chi connectivity index (χ0n) is 12.4. The predicted octanol–water partition coefficient (Wildman–Crippen LogP) is 3.50. The lowest BCUT2D eigenvalue weighted by molar-refractivity contribution is -0.286. The molecule has 0 aliphatic rings. The third kappa shape index (κ3) is 6.89. The summed E-state index contributed by atoms with van der Waals surface area (Å²) in [5.74, 6) is -5.94. The molecule has 0 aromatic heterocycles. The van der Waals surface area contributed by atoms with E-state index in [1.54, 1.807) is 30.3 Å². The molecule has 0 aliphatic carbocycles. The summed E-state index contributed by atoms with van der Waals surface area (Å²) in [4.78, 5) is 22.3.